The second kappa shape index (κ2) is 4.68. The number of ether oxygens (including phenoxy) is 1. The molecule has 0 aliphatic carbocycles. The number of rotatable bonds is 2. The van der Waals surface area contributed by atoms with E-state index in [0.717, 1.165) is 11.1 Å². The van der Waals surface area contributed by atoms with Gasteiger partial charge in [0.1, 0.15) is 5.60 Å². The Hall–Kier alpha value is -2.04. The standard InChI is InChI=1S/C13H17N3O2/c1-13(2,3)18-12(17)15-6-10-4-5-11-7-14-9-16(11)8-10/h4-5,7-9H,6H2,1-3H3,(H,15,17). The Morgan fingerprint density at radius 3 is 2.94 bits per heavy atom. The Morgan fingerprint density at radius 1 is 1.44 bits per heavy atom. The summed E-state index contributed by atoms with van der Waals surface area (Å²) >= 11 is 0. The molecule has 0 radical (unpaired) electrons. The fourth-order valence-electron chi connectivity index (χ4n) is 1.56. The van der Waals surface area contributed by atoms with Crippen LogP contribution in [-0.4, -0.2) is 21.1 Å². The summed E-state index contributed by atoms with van der Waals surface area (Å²) in [5, 5.41) is 2.72. The van der Waals surface area contributed by atoms with Gasteiger partial charge in [-0.1, -0.05) is 6.07 Å². The van der Waals surface area contributed by atoms with E-state index in [1.807, 2.05) is 43.5 Å². The first-order chi connectivity index (χ1) is 8.44. The molecule has 96 valence electrons. The quantitative estimate of drug-likeness (QED) is 0.886. The Labute approximate surface area is 106 Å². The fourth-order valence-corrected chi connectivity index (χ4v) is 1.56. The summed E-state index contributed by atoms with van der Waals surface area (Å²) in [6.45, 7) is 5.95. The molecule has 1 N–H and O–H groups in total. The molecular formula is C13H17N3O2. The third-order valence-corrected chi connectivity index (χ3v) is 2.30. The molecule has 0 aliphatic heterocycles. The van der Waals surface area contributed by atoms with E-state index in [9.17, 15) is 4.79 Å². The lowest BCUT2D eigenvalue weighted by Crippen LogP contribution is -2.32. The Morgan fingerprint density at radius 2 is 2.22 bits per heavy atom. The van der Waals surface area contributed by atoms with Gasteiger partial charge in [0.2, 0.25) is 0 Å². The number of amides is 1. The van der Waals surface area contributed by atoms with Crippen LogP contribution in [0.3, 0.4) is 0 Å². The second-order valence-electron chi connectivity index (χ2n) is 5.12. The summed E-state index contributed by atoms with van der Waals surface area (Å²) in [6, 6.07) is 3.91. The van der Waals surface area contributed by atoms with E-state index < -0.39 is 11.7 Å². The first kappa shape index (κ1) is 12.4. The highest BCUT2D eigenvalue weighted by Gasteiger charge is 2.15. The largest absolute Gasteiger partial charge is 0.444 e. The number of fused-ring (bicyclic) bond motifs is 1. The van der Waals surface area contributed by atoms with Crippen LogP contribution >= 0.6 is 0 Å². The molecule has 5 nitrogen and oxygen atoms in total. The molecule has 0 unspecified atom stereocenters. The first-order valence-corrected chi connectivity index (χ1v) is 5.81. The van der Waals surface area contributed by atoms with Crippen LogP contribution in [0, 0.1) is 0 Å². The molecule has 0 aromatic carbocycles. The maximum Gasteiger partial charge on any atom is 0.407 e. The van der Waals surface area contributed by atoms with Gasteiger partial charge in [-0.15, -0.1) is 0 Å². The lowest BCUT2D eigenvalue weighted by Gasteiger charge is -2.19. The molecule has 2 aromatic rings. The zero-order valence-corrected chi connectivity index (χ0v) is 10.8. The molecule has 2 aromatic heterocycles. The predicted molar refractivity (Wildman–Crippen MR) is 68.3 cm³/mol. The van der Waals surface area contributed by atoms with Gasteiger partial charge in [-0.25, -0.2) is 9.78 Å². The number of nitrogens with zero attached hydrogens (tertiary/aromatic N) is 2. The van der Waals surface area contributed by atoms with Crippen molar-refractivity contribution in [3.8, 4) is 0 Å². The van der Waals surface area contributed by atoms with Gasteiger partial charge in [-0.05, 0) is 32.4 Å². The van der Waals surface area contributed by atoms with Crippen LogP contribution in [0.2, 0.25) is 0 Å². The van der Waals surface area contributed by atoms with Crippen LogP contribution in [-0.2, 0) is 11.3 Å². The highest BCUT2D eigenvalue weighted by atomic mass is 16.6. The second-order valence-corrected chi connectivity index (χ2v) is 5.12. The molecular weight excluding hydrogens is 230 g/mol. The normalized spacial score (nSPS) is 11.5. The summed E-state index contributed by atoms with van der Waals surface area (Å²) in [6.07, 6.45) is 5.03. The highest BCUT2D eigenvalue weighted by molar-refractivity contribution is 5.67. The minimum absolute atomic E-state index is 0.409. The van der Waals surface area contributed by atoms with Gasteiger partial charge in [0.25, 0.3) is 0 Å². The van der Waals surface area contributed by atoms with Crippen LogP contribution in [0.4, 0.5) is 4.79 Å². The number of nitrogens with one attached hydrogen (secondary N) is 1. The third-order valence-electron chi connectivity index (χ3n) is 2.30. The van der Waals surface area contributed by atoms with Crippen LogP contribution in [0.25, 0.3) is 5.52 Å². The number of hydrogen-bond acceptors (Lipinski definition) is 3. The smallest absolute Gasteiger partial charge is 0.407 e. The zero-order chi connectivity index (χ0) is 13.2. The Balaban J connectivity index is 1.95. The summed E-state index contributed by atoms with van der Waals surface area (Å²) in [5.41, 5.74) is 1.54. The van der Waals surface area contributed by atoms with E-state index in [4.69, 9.17) is 4.74 Å². The molecule has 0 atom stereocenters. The summed E-state index contributed by atoms with van der Waals surface area (Å²) in [7, 11) is 0. The fraction of sp³-hybridized carbons (Fsp3) is 0.385. The van der Waals surface area contributed by atoms with E-state index in [1.54, 1.807) is 12.5 Å². The molecule has 0 aliphatic rings. The molecule has 2 heterocycles. The van der Waals surface area contributed by atoms with Crippen LogP contribution in [0.1, 0.15) is 26.3 Å². The number of aromatic nitrogens is 2. The average Bonchev–Trinajstić information content (AvgIpc) is 2.71. The van der Waals surface area contributed by atoms with Gasteiger partial charge < -0.3 is 14.5 Å². The summed E-state index contributed by atoms with van der Waals surface area (Å²) in [5.74, 6) is 0. The van der Waals surface area contributed by atoms with E-state index >= 15 is 0 Å². The van der Waals surface area contributed by atoms with Crippen molar-refractivity contribution in [1.82, 2.24) is 14.7 Å². The van der Waals surface area contributed by atoms with Gasteiger partial charge in [-0.3, -0.25) is 0 Å². The average molecular weight is 247 g/mol. The number of pyridine rings is 1. The van der Waals surface area contributed by atoms with Crippen molar-refractivity contribution in [2.24, 2.45) is 0 Å². The number of alkyl carbamates (subject to hydrolysis) is 1. The number of hydrogen-bond donors (Lipinski definition) is 1. The van der Waals surface area contributed by atoms with Gasteiger partial charge in [-0.2, -0.15) is 0 Å². The molecule has 1 amide bonds. The van der Waals surface area contributed by atoms with E-state index in [2.05, 4.69) is 10.3 Å². The van der Waals surface area contributed by atoms with Crippen molar-refractivity contribution in [3.63, 3.8) is 0 Å². The van der Waals surface area contributed by atoms with Crippen LogP contribution in [0.15, 0.2) is 30.9 Å². The van der Waals surface area contributed by atoms with Crippen molar-refractivity contribution >= 4 is 11.6 Å². The minimum Gasteiger partial charge on any atom is -0.444 e. The van der Waals surface area contributed by atoms with Crippen molar-refractivity contribution in [1.29, 1.82) is 0 Å². The predicted octanol–water partition coefficient (Wildman–Crippen LogP) is 2.36. The third kappa shape index (κ3) is 3.23. The van der Waals surface area contributed by atoms with Crippen molar-refractivity contribution in [3.05, 3.63) is 36.4 Å². The molecule has 5 heteroatoms. The number of carbonyl (C=O) groups is 1. The summed E-state index contributed by atoms with van der Waals surface area (Å²) < 4.78 is 7.07. The van der Waals surface area contributed by atoms with Gasteiger partial charge in [0.15, 0.2) is 0 Å². The topological polar surface area (TPSA) is 55.6 Å². The SMILES string of the molecule is CC(C)(C)OC(=O)NCc1ccc2cncn2c1. The Kier molecular flexibility index (Phi) is 3.23. The molecule has 0 bridgehead atoms. The molecule has 2 rings (SSSR count). The lowest BCUT2D eigenvalue weighted by atomic mass is 10.2. The maximum atomic E-state index is 11.5. The van der Waals surface area contributed by atoms with E-state index in [0.29, 0.717) is 6.54 Å². The van der Waals surface area contributed by atoms with Crippen LogP contribution < -0.4 is 5.32 Å². The Bertz CT molecular complexity index is 555. The lowest BCUT2D eigenvalue weighted by molar-refractivity contribution is 0.0523. The van der Waals surface area contributed by atoms with Gasteiger partial charge >= 0.3 is 6.09 Å². The van der Waals surface area contributed by atoms with Crippen molar-refractivity contribution in [2.75, 3.05) is 0 Å². The molecule has 0 fully saturated rings. The maximum absolute atomic E-state index is 11.5. The molecule has 0 saturated heterocycles. The first-order valence-electron chi connectivity index (χ1n) is 5.81. The van der Waals surface area contributed by atoms with Crippen molar-refractivity contribution < 1.29 is 9.53 Å². The van der Waals surface area contributed by atoms with Crippen LogP contribution in [0.5, 0.6) is 0 Å². The molecule has 18 heavy (non-hydrogen) atoms. The minimum atomic E-state index is -0.474. The molecule has 0 spiro atoms. The van der Waals surface area contributed by atoms with E-state index in [1.165, 1.54) is 0 Å². The number of carbonyl (C=O) groups excluding carboxylic acids is 1. The van der Waals surface area contributed by atoms with Gasteiger partial charge in [0, 0.05) is 12.7 Å². The molecule has 0 saturated carbocycles. The summed E-state index contributed by atoms with van der Waals surface area (Å²) in [4.78, 5) is 15.5. The zero-order valence-electron chi connectivity index (χ0n) is 10.8. The highest BCUT2D eigenvalue weighted by Crippen LogP contribution is 2.08. The van der Waals surface area contributed by atoms with E-state index in [-0.39, 0.29) is 0 Å². The monoisotopic (exact) mass is 247 g/mol. The number of imidazole rings is 1. The van der Waals surface area contributed by atoms with Crippen molar-refractivity contribution in [2.45, 2.75) is 32.9 Å². The van der Waals surface area contributed by atoms with Gasteiger partial charge in [0.05, 0.1) is 18.0 Å².